The first kappa shape index (κ1) is 29.0. The van der Waals surface area contributed by atoms with Gasteiger partial charge in [-0.25, -0.2) is 14.5 Å². The minimum atomic E-state index is -0.766. The average molecular weight is 520 g/mol. The van der Waals surface area contributed by atoms with Gasteiger partial charge in [-0.3, -0.25) is 0 Å². The highest BCUT2D eigenvalue weighted by atomic mass is 16.6. The summed E-state index contributed by atoms with van der Waals surface area (Å²) in [5.41, 5.74) is 2.30. The van der Waals surface area contributed by atoms with Gasteiger partial charge in [0, 0.05) is 6.54 Å². The topological polar surface area (TPSA) is 71.4 Å². The van der Waals surface area contributed by atoms with Crippen molar-refractivity contribution in [1.29, 1.82) is 0 Å². The molecule has 2 amide bonds. The van der Waals surface area contributed by atoms with Crippen LogP contribution in [0.5, 0.6) is 0 Å². The summed E-state index contributed by atoms with van der Waals surface area (Å²) < 4.78 is 11.4. The van der Waals surface area contributed by atoms with E-state index in [1.54, 1.807) is 20.8 Å². The van der Waals surface area contributed by atoms with Gasteiger partial charge in [0.1, 0.15) is 11.2 Å². The van der Waals surface area contributed by atoms with Crippen molar-refractivity contribution in [3.63, 3.8) is 0 Å². The molecule has 0 aromatic heterocycles. The second-order valence-electron chi connectivity index (χ2n) is 12.0. The molecule has 0 N–H and O–H groups in total. The minimum Gasteiger partial charge on any atom is -0.443 e. The van der Waals surface area contributed by atoms with E-state index in [1.807, 2.05) is 93.3 Å². The fraction of sp³-hybridized carbons (Fsp3) is 0.452. The van der Waals surface area contributed by atoms with Crippen LogP contribution >= 0.6 is 0 Å². The van der Waals surface area contributed by atoms with Crippen molar-refractivity contribution in [3.8, 4) is 0 Å². The molecule has 7 heteroatoms. The molecule has 1 saturated heterocycles. The number of aliphatic imine (C=N–C) groups is 1. The van der Waals surface area contributed by atoms with E-state index in [1.165, 1.54) is 4.90 Å². The molecule has 0 aliphatic carbocycles. The van der Waals surface area contributed by atoms with Crippen LogP contribution in [0.1, 0.15) is 72.1 Å². The molecule has 2 aromatic carbocycles. The van der Waals surface area contributed by atoms with Crippen LogP contribution in [0, 0.1) is 12.8 Å². The number of nitrogens with zero attached hydrogens (tertiary/aromatic N) is 3. The summed E-state index contributed by atoms with van der Waals surface area (Å²) in [4.78, 5) is 34.6. The van der Waals surface area contributed by atoms with E-state index in [4.69, 9.17) is 9.47 Å². The van der Waals surface area contributed by atoms with Gasteiger partial charge in [-0.15, -0.1) is 4.99 Å². The third-order valence-electron chi connectivity index (χ3n) is 5.73. The summed E-state index contributed by atoms with van der Waals surface area (Å²) in [6.07, 6.45) is 0.612. The fourth-order valence-corrected chi connectivity index (χ4v) is 4.27. The first-order valence-corrected chi connectivity index (χ1v) is 13.1. The molecular formula is C31H41N3O4. The maximum atomic E-state index is 13.8. The lowest BCUT2D eigenvalue weighted by molar-refractivity contribution is 0.0414. The Bertz CT molecular complexity index is 1190. The van der Waals surface area contributed by atoms with E-state index in [9.17, 15) is 9.59 Å². The lowest BCUT2D eigenvalue weighted by Gasteiger charge is -2.28. The normalized spacial score (nSPS) is 18.4. The molecule has 0 saturated carbocycles. The van der Waals surface area contributed by atoms with Crippen molar-refractivity contribution in [2.75, 3.05) is 0 Å². The Balaban J connectivity index is 2.24. The summed E-state index contributed by atoms with van der Waals surface area (Å²) >= 11 is 0. The molecule has 3 rings (SSSR count). The smallest absolute Gasteiger partial charge is 0.437 e. The quantitative estimate of drug-likeness (QED) is 0.421. The van der Waals surface area contributed by atoms with Gasteiger partial charge < -0.3 is 14.4 Å². The van der Waals surface area contributed by atoms with Crippen molar-refractivity contribution < 1.29 is 19.1 Å². The van der Waals surface area contributed by atoms with Crippen LogP contribution in [0.4, 0.5) is 9.59 Å². The van der Waals surface area contributed by atoms with Gasteiger partial charge >= 0.3 is 12.2 Å². The van der Waals surface area contributed by atoms with Crippen LogP contribution in [0.15, 0.2) is 65.3 Å². The molecule has 0 radical (unpaired) electrons. The van der Waals surface area contributed by atoms with Crippen LogP contribution in [-0.4, -0.2) is 45.2 Å². The number of hydrogen-bond donors (Lipinski definition) is 0. The van der Waals surface area contributed by atoms with Crippen molar-refractivity contribution in [1.82, 2.24) is 9.80 Å². The molecule has 1 heterocycles. The van der Waals surface area contributed by atoms with Gasteiger partial charge in [-0.05, 0) is 71.6 Å². The Labute approximate surface area is 227 Å². The predicted molar refractivity (Wildman–Crippen MR) is 152 cm³/mol. The van der Waals surface area contributed by atoms with Crippen molar-refractivity contribution in [2.24, 2.45) is 10.9 Å². The Kier molecular flexibility index (Phi) is 8.70. The number of hydrogen-bond acceptors (Lipinski definition) is 4. The second kappa shape index (κ2) is 11.4. The van der Waals surface area contributed by atoms with E-state index in [0.29, 0.717) is 12.2 Å². The second-order valence-corrected chi connectivity index (χ2v) is 12.0. The van der Waals surface area contributed by atoms with Crippen LogP contribution in [-0.2, 0) is 16.0 Å². The lowest BCUT2D eigenvalue weighted by atomic mass is 9.98. The van der Waals surface area contributed by atoms with Gasteiger partial charge in [0.05, 0.1) is 11.7 Å². The Morgan fingerprint density at radius 2 is 1.50 bits per heavy atom. The Morgan fingerprint density at radius 1 is 0.921 bits per heavy atom. The number of carbonyl (C=O) groups is 2. The zero-order valence-corrected chi connectivity index (χ0v) is 24.1. The highest BCUT2D eigenvalue weighted by molar-refractivity contribution is 6.04. The van der Waals surface area contributed by atoms with Gasteiger partial charge in [0.2, 0.25) is 5.96 Å². The average Bonchev–Trinajstić information content (AvgIpc) is 3.06. The van der Waals surface area contributed by atoms with Gasteiger partial charge in [0.15, 0.2) is 0 Å². The number of ether oxygens (including phenoxy) is 2. The molecule has 0 spiro atoms. The summed E-state index contributed by atoms with van der Waals surface area (Å²) in [7, 11) is 0. The Hall–Kier alpha value is -3.61. The zero-order valence-electron chi connectivity index (χ0n) is 24.1. The largest absolute Gasteiger partial charge is 0.443 e. The summed E-state index contributed by atoms with van der Waals surface area (Å²) in [6.45, 7) is 17.5. The van der Waals surface area contributed by atoms with E-state index in [-0.39, 0.29) is 17.9 Å². The van der Waals surface area contributed by atoms with Gasteiger partial charge in [0.25, 0.3) is 0 Å². The molecule has 2 aromatic rings. The first-order valence-electron chi connectivity index (χ1n) is 13.1. The molecule has 1 fully saturated rings. The van der Waals surface area contributed by atoms with Crippen LogP contribution in [0.2, 0.25) is 0 Å². The summed E-state index contributed by atoms with van der Waals surface area (Å²) in [5, 5.41) is 0. The lowest BCUT2D eigenvalue weighted by Crippen LogP contribution is -2.42. The Morgan fingerprint density at radius 3 is 2.03 bits per heavy atom. The van der Waals surface area contributed by atoms with E-state index in [2.05, 4.69) is 18.8 Å². The monoisotopic (exact) mass is 519 g/mol. The number of guanidine groups is 1. The molecule has 1 unspecified atom stereocenters. The maximum absolute atomic E-state index is 13.8. The van der Waals surface area contributed by atoms with Crippen LogP contribution < -0.4 is 0 Å². The first-order chi connectivity index (χ1) is 17.6. The zero-order chi connectivity index (χ0) is 28.3. The number of carbonyl (C=O) groups excluding carboxylic acids is 2. The summed E-state index contributed by atoms with van der Waals surface area (Å²) in [6, 6.07) is 17.7. The number of amides is 2. The van der Waals surface area contributed by atoms with Crippen molar-refractivity contribution in [3.05, 3.63) is 77.0 Å². The van der Waals surface area contributed by atoms with Gasteiger partial charge in [-0.2, -0.15) is 0 Å². The van der Waals surface area contributed by atoms with E-state index >= 15 is 0 Å². The van der Waals surface area contributed by atoms with Crippen molar-refractivity contribution >= 4 is 24.2 Å². The number of rotatable bonds is 4. The number of benzene rings is 2. The molecule has 1 atom stereocenters. The standard InChI is InChI=1S/C31H41N3O4/c1-21(2)26-25(19-23-17-15-22(3)16-18-23)34(29(36)38-31(7,8)9)27(32-28(35)37-30(4,5)6)33(26)20-24-13-11-10-12-14-24/h10-19,21,26H,20H2,1-9H3/b25-19+,32-27+. The highest BCUT2D eigenvalue weighted by Gasteiger charge is 2.47. The SMILES string of the molecule is Cc1ccc(/C=C2\C(C(C)C)N(Cc3ccccc3)/C(=N\C(=O)OC(C)(C)C)N2C(=O)OC(C)(C)C)cc1. The predicted octanol–water partition coefficient (Wildman–Crippen LogP) is 7.40. The third kappa shape index (κ3) is 7.70. The van der Waals surface area contributed by atoms with Crippen molar-refractivity contribution in [2.45, 2.75) is 86.1 Å². The molecule has 1 aliphatic rings. The van der Waals surface area contributed by atoms with E-state index < -0.39 is 23.4 Å². The molecular weight excluding hydrogens is 478 g/mol. The molecule has 204 valence electrons. The highest BCUT2D eigenvalue weighted by Crippen LogP contribution is 2.36. The van der Waals surface area contributed by atoms with Crippen LogP contribution in [0.25, 0.3) is 6.08 Å². The number of aryl methyl sites for hydroxylation is 1. The molecule has 0 bridgehead atoms. The molecule has 7 nitrogen and oxygen atoms in total. The summed E-state index contributed by atoms with van der Waals surface area (Å²) in [5.74, 6) is 0.265. The van der Waals surface area contributed by atoms with E-state index in [0.717, 1.165) is 16.7 Å². The molecule has 1 aliphatic heterocycles. The molecule has 38 heavy (non-hydrogen) atoms. The van der Waals surface area contributed by atoms with Crippen LogP contribution in [0.3, 0.4) is 0 Å². The van der Waals surface area contributed by atoms with Gasteiger partial charge in [-0.1, -0.05) is 74.0 Å². The maximum Gasteiger partial charge on any atom is 0.437 e. The minimum absolute atomic E-state index is 0.0756. The third-order valence-corrected chi connectivity index (χ3v) is 5.73. The fourth-order valence-electron chi connectivity index (χ4n) is 4.27.